The van der Waals surface area contributed by atoms with Crippen LogP contribution in [0.15, 0.2) is 96.1 Å². The zero-order valence-corrected chi connectivity index (χ0v) is 19.8. The highest BCUT2D eigenvalue weighted by Crippen LogP contribution is 2.36. The van der Waals surface area contributed by atoms with E-state index in [1.54, 1.807) is 6.21 Å². The second-order valence-electron chi connectivity index (χ2n) is 8.89. The van der Waals surface area contributed by atoms with E-state index in [9.17, 15) is 4.79 Å². The Kier molecular flexibility index (Phi) is 5.62. The molecule has 1 N–H and O–H groups in total. The van der Waals surface area contributed by atoms with Gasteiger partial charge in [-0.25, -0.2) is 5.43 Å². The van der Waals surface area contributed by atoms with Gasteiger partial charge in [0.15, 0.2) is 11.5 Å². The molecule has 6 rings (SSSR count). The summed E-state index contributed by atoms with van der Waals surface area (Å²) in [6, 6.07) is 30.4. The molecule has 5 aromatic rings. The maximum atomic E-state index is 12.8. The second-order valence-corrected chi connectivity index (χ2v) is 8.89. The van der Waals surface area contributed by atoms with Crippen molar-refractivity contribution in [3.63, 3.8) is 0 Å². The molecule has 0 fully saturated rings. The third kappa shape index (κ3) is 4.07. The SMILES string of the molecule is Cc1c(/C=N\NC(=O)[C@H]2COc3cc4ccccc4cc3O2)c2ccccc2n1Cc1ccccc1. The van der Waals surface area contributed by atoms with Crippen molar-refractivity contribution in [3.8, 4) is 11.5 Å². The highest BCUT2D eigenvalue weighted by Gasteiger charge is 2.27. The fourth-order valence-corrected chi connectivity index (χ4v) is 4.71. The minimum absolute atomic E-state index is 0.127. The zero-order chi connectivity index (χ0) is 24.5. The summed E-state index contributed by atoms with van der Waals surface area (Å²) in [7, 11) is 0. The van der Waals surface area contributed by atoms with E-state index >= 15 is 0 Å². The van der Waals surface area contributed by atoms with E-state index in [4.69, 9.17) is 9.47 Å². The lowest BCUT2D eigenvalue weighted by Gasteiger charge is -2.25. The van der Waals surface area contributed by atoms with Crippen LogP contribution in [0.5, 0.6) is 11.5 Å². The van der Waals surface area contributed by atoms with Crippen LogP contribution in [0.2, 0.25) is 0 Å². The van der Waals surface area contributed by atoms with E-state index in [1.807, 2.05) is 66.7 Å². The molecule has 4 aromatic carbocycles. The van der Waals surface area contributed by atoms with Gasteiger partial charge in [0.05, 0.1) is 6.21 Å². The summed E-state index contributed by atoms with van der Waals surface area (Å²) in [5.41, 5.74) is 7.03. The van der Waals surface area contributed by atoms with Gasteiger partial charge >= 0.3 is 0 Å². The summed E-state index contributed by atoms with van der Waals surface area (Å²) in [5, 5.41) is 7.46. The topological polar surface area (TPSA) is 64.8 Å². The van der Waals surface area contributed by atoms with Gasteiger partial charge in [0.2, 0.25) is 6.10 Å². The molecule has 1 aliphatic heterocycles. The monoisotopic (exact) mass is 475 g/mol. The van der Waals surface area contributed by atoms with Crippen LogP contribution >= 0.6 is 0 Å². The second kappa shape index (κ2) is 9.23. The van der Waals surface area contributed by atoms with E-state index in [2.05, 4.69) is 46.3 Å². The number of hydrogen-bond donors (Lipinski definition) is 1. The van der Waals surface area contributed by atoms with Crippen LogP contribution in [0.25, 0.3) is 21.7 Å². The normalized spacial score (nSPS) is 15.0. The number of amides is 1. The molecule has 0 saturated carbocycles. The lowest BCUT2D eigenvalue weighted by atomic mass is 10.1. The van der Waals surface area contributed by atoms with Crippen LogP contribution < -0.4 is 14.9 Å². The molecule has 0 bridgehead atoms. The van der Waals surface area contributed by atoms with E-state index in [0.29, 0.717) is 11.5 Å². The Hall–Kier alpha value is -4.58. The van der Waals surface area contributed by atoms with Crippen molar-refractivity contribution >= 4 is 33.8 Å². The quantitative estimate of drug-likeness (QED) is 0.272. The van der Waals surface area contributed by atoms with E-state index in [0.717, 1.165) is 39.5 Å². The standard InChI is InChI=1S/C30H25N3O3/c1-20-25(24-13-7-8-14-26(24)33(20)18-21-9-3-2-4-10-21)17-31-32-30(34)29-19-35-27-15-22-11-5-6-12-23(22)16-28(27)36-29/h2-17,29H,18-19H2,1H3,(H,32,34)/b31-17-/t29-/m1/s1. The first-order chi connectivity index (χ1) is 17.7. The average Bonchev–Trinajstić information content (AvgIpc) is 3.18. The predicted molar refractivity (Wildman–Crippen MR) is 142 cm³/mol. The summed E-state index contributed by atoms with van der Waals surface area (Å²) >= 11 is 0. The molecular formula is C30H25N3O3. The highest BCUT2D eigenvalue weighted by atomic mass is 16.6. The molecule has 0 spiro atoms. The van der Waals surface area contributed by atoms with Crippen LogP contribution in [0, 0.1) is 6.92 Å². The zero-order valence-electron chi connectivity index (χ0n) is 19.8. The Bertz CT molecular complexity index is 1600. The Morgan fingerprint density at radius 2 is 1.67 bits per heavy atom. The molecule has 1 amide bonds. The third-order valence-electron chi connectivity index (χ3n) is 6.60. The van der Waals surface area contributed by atoms with Crippen LogP contribution in [0.4, 0.5) is 0 Å². The molecule has 1 atom stereocenters. The fraction of sp³-hybridized carbons (Fsp3) is 0.133. The number of para-hydroxylation sites is 1. The molecule has 2 heterocycles. The minimum Gasteiger partial charge on any atom is -0.485 e. The number of carbonyl (C=O) groups is 1. The molecule has 178 valence electrons. The molecule has 0 radical (unpaired) electrons. The Morgan fingerprint density at radius 1 is 0.972 bits per heavy atom. The van der Waals surface area contributed by atoms with Crippen LogP contribution in [0.3, 0.4) is 0 Å². The Morgan fingerprint density at radius 3 is 2.47 bits per heavy atom. The highest BCUT2D eigenvalue weighted by molar-refractivity contribution is 6.01. The number of rotatable bonds is 5. The van der Waals surface area contributed by atoms with Crippen LogP contribution in [-0.4, -0.2) is 29.4 Å². The lowest BCUT2D eigenvalue weighted by Crippen LogP contribution is -2.42. The molecule has 1 aromatic heterocycles. The van der Waals surface area contributed by atoms with E-state index < -0.39 is 6.10 Å². The van der Waals surface area contributed by atoms with Gasteiger partial charge in [0.25, 0.3) is 5.91 Å². The molecule has 0 saturated heterocycles. The smallest absolute Gasteiger partial charge is 0.284 e. The van der Waals surface area contributed by atoms with Gasteiger partial charge in [0, 0.05) is 28.7 Å². The molecule has 36 heavy (non-hydrogen) atoms. The van der Waals surface area contributed by atoms with Crippen molar-refractivity contribution in [1.29, 1.82) is 0 Å². The van der Waals surface area contributed by atoms with Crippen molar-refractivity contribution in [2.75, 3.05) is 6.61 Å². The predicted octanol–water partition coefficient (Wildman–Crippen LogP) is 5.44. The number of benzene rings is 4. The number of nitrogens with zero attached hydrogens (tertiary/aromatic N) is 2. The van der Waals surface area contributed by atoms with Crippen molar-refractivity contribution in [3.05, 3.63) is 108 Å². The number of carbonyl (C=O) groups excluding carboxylic acids is 1. The number of hydrazone groups is 1. The van der Waals surface area contributed by atoms with E-state index in [-0.39, 0.29) is 12.5 Å². The number of hydrogen-bond acceptors (Lipinski definition) is 4. The molecule has 1 aliphatic rings. The number of ether oxygens (including phenoxy) is 2. The molecule has 0 aliphatic carbocycles. The molecule has 0 unspecified atom stereocenters. The largest absolute Gasteiger partial charge is 0.485 e. The first-order valence-electron chi connectivity index (χ1n) is 11.9. The molecular weight excluding hydrogens is 450 g/mol. The number of aromatic nitrogens is 1. The summed E-state index contributed by atoms with van der Waals surface area (Å²) in [5.74, 6) is 0.850. The van der Waals surface area contributed by atoms with Crippen molar-refractivity contribution in [2.45, 2.75) is 19.6 Å². The molecule has 6 nitrogen and oxygen atoms in total. The summed E-state index contributed by atoms with van der Waals surface area (Å²) in [4.78, 5) is 12.8. The van der Waals surface area contributed by atoms with Gasteiger partial charge in [-0.1, -0.05) is 72.8 Å². The van der Waals surface area contributed by atoms with Gasteiger partial charge in [-0.05, 0) is 41.5 Å². The minimum atomic E-state index is -0.781. The Balaban J connectivity index is 1.20. The van der Waals surface area contributed by atoms with E-state index in [1.165, 1.54) is 5.56 Å². The van der Waals surface area contributed by atoms with Crippen molar-refractivity contribution < 1.29 is 14.3 Å². The fourth-order valence-electron chi connectivity index (χ4n) is 4.71. The van der Waals surface area contributed by atoms with Gasteiger partial charge < -0.3 is 14.0 Å². The number of nitrogens with one attached hydrogen (secondary N) is 1. The summed E-state index contributed by atoms with van der Waals surface area (Å²) in [6.07, 6.45) is 0.929. The maximum Gasteiger partial charge on any atom is 0.284 e. The van der Waals surface area contributed by atoms with Crippen molar-refractivity contribution in [2.24, 2.45) is 5.10 Å². The van der Waals surface area contributed by atoms with Gasteiger partial charge in [-0.3, -0.25) is 4.79 Å². The first kappa shape index (κ1) is 21.9. The Labute approximate surface area is 208 Å². The van der Waals surface area contributed by atoms with Crippen LogP contribution in [-0.2, 0) is 11.3 Å². The first-order valence-corrected chi connectivity index (χ1v) is 11.9. The van der Waals surface area contributed by atoms with Crippen molar-refractivity contribution in [1.82, 2.24) is 9.99 Å². The average molecular weight is 476 g/mol. The maximum absolute atomic E-state index is 12.8. The number of fused-ring (bicyclic) bond motifs is 3. The summed E-state index contributed by atoms with van der Waals surface area (Å²) < 4.78 is 14.1. The van der Waals surface area contributed by atoms with Crippen LogP contribution in [0.1, 0.15) is 16.8 Å². The van der Waals surface area contributed by atoms with Gasteiger partial charge in [-0.2, -0.15) is 5.10 Å². The molecule has 6 heteroatoms. The third-order valence-corrected chi connectivity index (χ3v) is 6.60. The van der Waals surface area contributed by atoms with Gasteiger partial charge in [0.1, 0.15) is 6.61 Å². The van der Waals surface area contributed by atoms with Gasteiger partial charge in [-0.15, -0.1) is 0 Å². The lowest BCUT2D eigenvalue weighted by molar-refractivity contribution is -0.130. The summed E-state index contributed by atoms with van der Waals surface area (Å²) in [6.45, 7) is 2.96.